The van der Waals surface area contributed by atoms with Crippen molar-refractivity contribution in [2.75, 3.05) is 26.4 Å². The summed E-state index contributed by atoms with van der Waals surface area (Å²) in [5.74, 6) is -0.162. The van der Waals surface area contributed by atoms with E-state index < -0.39 is 17.5 Å². The summed E-state index contributed by atoms with van der Waals surface area (Å²) in [5.41, 5.74) is 5.11. The second kappa shape index (κ2) is 18.3. The molecule has 2 fully saturated rings. The highest BCUT2D eigenvalue weighted by Crippen LogP contribution is 2.53. The number of rotatable bonds is 17. The van der Waals surface area contributed by atoms with Crippen LogP contribution in [0.4, 0.5) is 0 Å². The van der Waals surface area contributed by atoms with Gasteiger partial charge in [0.05, 0.1) is 22.7 Å². The zero-order valence-corrected chi connectivity index (χ0v) is 35.3. The molecule has 1 aliphatic carbocycles. The van der Waals surface area contributed by atoms with Crippen molar-refractivity contribution in [3.63, 3.8) is 0 Å². The third kappa shape index (κ3) is 11.0. The number of amides is 4. The lowest BCUT2D eigenvalue weighted by molar-refractivity contribution is -0.144. The van der Waals surface area contributed by atoms with Crippen molar-refractivity contribution < 1.29 is 28.7 Å². The minimum absolute atomic E-state index is 0.0613. The fourth-order valence-electron chi connectivity index (χ4n) is 8.43. The smallest absolute Gasteiger partial charge is 0.251 e. The molecule has 0 spiro atoms. The second-order valence-electron chi connectivity index (χ2n) is 17.8. The average molecular weight is 788 g/mol. The highest BCUT2D eigenvalue weighted by Gasteiger charge is 2.53. The summed E-state index contributed by atoms with van der Waals surface area (Å²) in [6, 6.07) is 14.1. The number of unbranched alkanes of at least 4 members (excludes halogenated alkanes) is 2. The Balaban J connectivity index is 0.982. The summed E-state index contributed by atoms with van der Waals surface area (Å²) in [7, 11) is 0. The van der Waals surface area contributed by atoms with Gasteiger partial charge in [-0.3, -0.25) is 19.2 Å². The third-order valence-electron chi connectivity index (χ3n) is 11.0. The Morgan fingerprint density at radius 1 is 0.946 bits per heavy atom. The third-order valence-corrected chi connectivity index (χ3v) is 12.0. The Bertz CT molecular complexity index is 1800. The van der Waals surface area contributed by atoms with Crippen LogP contribution in [0, 0.1) is 23.2 Å². The predicted molar refractivity (Wildman–Crippen MR) is 220 cm³/mol. The molecule has 1 saturated carbocycles. The fourth-order valence-corrected chi connectivity index (χ4v) is 9.24. The minimum atomic E-state index is -0.808. The first-order valence-corrected chi connectivity index (χ1v) is 20.8. The van der Waals surface area contributed by atoms with Crippen molar-refractivity contribution in [1.82, 2.24) is 25.8 Å². The zero-order valence-electron chi connectivity index (χ0n) is 34.5. The van der Waals surface area contributed by atoms with Gasteiger partial charge in [0, 0.05) is 31.3 Å². The van der Waals surface area contributed by atoms with Crippen molar-refractivity contribution in [3.8, 4) is 16.2 Å². The van der Waals surface area contributed by atoms with E-state index in [1.54, 1.807) is 28.4 Å². The number of carbonyl (C=O) groups excluding carboxylic acids is 4. The first-order chi connectivity index (χ1) is 26.5. The highest BCUT2D eigenvalue weighted by atomic mass is 32.1. The van der Waals surface area contributed by atoms with Gasteiger partial charge in [-0.05, 0) is 97.1 Å². The largest absolute Gasteiger partial charge is 0.494 e. The van der Waals surface area contributed by atoms with E-state index in [9.17, 15) is 19.2 Å². The standard InChI is InChI=1S/C44H61N5O6S/c1-29-36(56-28-46-29)31-16-14-30(15-17-31)25-45-39(52)34-13-12-22-49(34)40(53)37(42(2,3)4)47-35(50)26-54-23-10-9-11-24-55-33-20-18-32(19-21-33)38(51)48-41-43(5,6)27-44(41,7)8/h14-21,28,34,37,41H,9-13,22-27H2,1-8H3,(H,45,52)(H,47,50)(H,48,51)/t34-,37+/m0/s1. The number of hydrogen-bond acceptors (Lipinski definition) is 8. The summed E-state index contributed by atoms with van der Waals surface area (Å²) in [6.45, 7) is 18.1. The van der Waals surface area contributed by atoms with Crippen LogP contribution in [0.15, 0.2) is 54.0 Å². The summed E-state index contributed by atoms with van der Waals surface area (Å²) in [5, 5.41) is 9.13. The van der Waals surface area contributed by atoms with Crippen LogP contribution in [0.3, 0.4) is 0 Å². The van der Waals surface area contributed by atoms with E-state index in [1.165, 1.54) is 0 Å². The zero-order chi connectivity index (χ0) is 40.7. The first kappa shape index (κ1) is 42.8. The molecule has 1 aromatic heterocycles. The molecule has 5 rings (SSSR count). The lowest BCUT2D eigenvalue weighted by atomic mass is 9.52. The monoisotopic (exact) mass is 787 g/mol. The number of nitrogens with zero attached hydrogens (tertiary/aromatic N) is 2. The van der Waals surface area contributed by atoms with E-state index in [1.807, 2.05) is 69.6 Å². The van der Waals surface area contributed by atoms with Crippen LogP contribution in [0.5, 0.6) is 5.75 Å². The van der Waals surface area contributed by atoms with Crippen molar-refractivity contribution in [2.45, 2.75) is 119 Å². The van der Waals surface area contributed by atoms with Crippen LogP contribution in [-0.2, 0) is 25.7 Å². The van der Waals surface area contributed by atoms with E-state index in [0.717, 1.165) is 47.4 Å². The predicted octanol–water partition coefficient (Wildman–Crippen LogP) is 7.08. The number of hydrogen-bond donors (Lipinski definition) is 3. The number of carbonyl (C=O) groups is 4. The fraction of sp³-hybridized carbons (Fsp3) is 0.568. The van der Waals surface area contributed by atoms with Gasteiger partial charge >= 0.3 is 0 Å². The minimum Gasteiger partial charge on any atom is -0.494 e. The Kier molecular flexibility index (Phi) is 14.0. The van der Waals surface area contributed by atoms with Gasteiger partial charge in [0.1, 0.15) is 24.4 Å². The highest BCUT2D eigenvalue weighted by molar-refractivity contribution is 7.13. The Hall–Kier alpha value is -4.29. The molecule has 2 aliphatic rings. The lowest BCUT2D eigenvalue weighted by Crippen LogP contribution is -2.63. The molecule has 0 radical (unpaired) electrons. The van der Waals surface area contributed by atoms with Crippen molar-refractivity contribution in [3.05, 3.63) is 70.9 Å². The second-order valence-corrected chi connectivity index (χ2v) is 18.6. The van der Waals surface area contributed by atoms with Crippen LogP contribution < -0.4 is 20.7 Å². The van der Waals surface area contributed by atoms with E-state index in [4.69, 9.17) is 9.47 Å². The first-order valence-electron chi connectivity index (χ1n) is 19.9. The van der Waals surface area contributed by atoms with Crippen molar-refractivity contribution >= 4 is 35.0 Å². The number of likely N-dealkylation sites (tertiary alicyclic amines) is 1. The van der Waals surface area contributed by atoms with E-state index in [0.29, 0.717) is 50.5 Å². The molecule has 3 aromatic rings. The normalized spacial score (nSPS) is 18.1. The van der Waals surface area contributed by atoms with Crippen LogP contribution in [0.25, 0.3) is 10.4 Å². The van der Waals surface area contributed by atoms with E-state index in [2.05, 4.69) is 48.6 Å². The van der Waals surface area contributed by atoms with Gasteiger partial charge in [0.2, 0.25) is 17.7 Å². The summed E-state index contributed by atoms with van der Waals surface area (Å²) in [4.78, 5) is 60.1. The summed E-state index contributed by atoms with van der Waals surface area (Å²) < 4.78 is 11.5. The van der Waals surface area contributed by atoms with Crippen LogP contribution in [0.2, 0.25) is 0 Å². The van der Waals surface area contributed by atoms with E-state index in [-0.39, 0.29) is 47.1 Å². The molecule has 4 amide bonds. The molecular formula is C44H61N5O6S. The Morgan fingerprint density at radius 3 is 2.25 bits per heavy atom. The molecule has 0 unspecified atom stereocenters. The van der Waals surface area contributed by atoms with Gasteiger partial charge in [-0.1, -0.05) is 72.7 Å². The number of benzene rings is 2. The molecule has 3 N–H and O–H groups in total. The van der Waals surface area contributed by atoms with Gasteiger partial charge < -0.3 is 30.3 Å². The Morgan fingerprint density at radius 2 is 1.62 bits per heavy atom. The number of aryl methyl sites for hydroxylation is 1. The number of ether oxygens (including phenoxy) is 2. The summed E-state index contributed by atoms with van der Waals surface area (Å²) >= 11 is 1.60. The quantitative estimate of drug-likeness (QED) is 0.124. The number of aromatic nitrogens is 1. The SMILES string of the molecule is Cc1ncsc1-c1ccc(CNC(=O)[C@@H]2CCCN2C(=O)[C@@H](NC(=O)COCCCCCOc2ccc(C(=O)NC3C(C)(C)CC3(C)C)cc2)C(C)(C)C)cc1. The van der Waals surface area contributed by atoms with Gasteiger partial charge in [-0.15, -0.1) is 11.3 Å². The molecule has 2 aromatic carbocycles. The topological polar surface area (TPSA) is 139 Å². The van der Waals surface area contributed by atoms with E-state index >= 15 is 0 Å². The van der Waals surface area contributed by atoms with Crippen LogP contribution in [-0.4, -0.2) is 78.0 Å². The average Bonchev–Trinajstić information content (AvgIpc) is 3.82. The van der Waals surface area contributed by atoms with Crippen LogP contribution in [0.1, 0.15) is 109 Å². The molecule has 12 heteroatoms. The maximum Gasteiger partial charge on any atom is 0.251 e. The maximum absolute atomic E-state index is 13.9. The molecule has 2 heterocycles. The maximum atomic E-state index is 13.9. The lowest BCUT2D eigenvalue weighted by Gasteiger charge is -2.57. The van der Waals surface area contributed by atoms with Gasteiger partial charge in [0.15, 0.2) is 0 Å². The number of thiazole rings is 1. The molecule has 0 bridgehead atoms. The van der Waals surface area contributed by atoms with Gasteiger partial charge in [-0.2, -0.15) is 0 Å². The van der Waals surface area contributed by atoms with Gasteiger partial charge in [-0.25, -0.2) is 4.98 Å². The van der Waals surface area contributed by atoms with Gasteiger partial charge in [0.25, 0.3) is 5.91 Å². The molecule has 304 valence electrons. The Labute approximate surface area is 336 Å². The van der Waals surface area contributed by atoms with Crippen LogP contribution >= 0.6 is 11.3 Å². The molecule has 2 atom stereocenters. The summed E-state index contributed by atoms with van der Waals surface area (Å²) in [6.07, 6.45) is 4.79. The number of nitrogens with one attached hydrogen (secondary N) is 3. The van der Waals surface area contributed by atoms with Crippen molar-refractivity contribution in [1.29, 1.82) is 0 Å². The van der Waals surface area contributed by atoms with Crippen molar-refractivity contribution in [2.24, 2.45) is 16.2 Å². The molecule has 11 nitrogen and oxygen atoms in total. The molecule has 1 saturated heterocycles. The molecule has 1 aliphatic heterocycles. The molecular weight excluding hydrogens is 727 g/mol. The molecule has 56 heavy (non-hydrogen) atoms.